The van der Waals surface area contributed by atoms with Crippen molar-refractivity contribution in [2.45, 2.75) is 59.3 Å². The molecule has 1 aromatic carbocycles. The first kappa shape index (κ1) is 17.7. The average molecular weight is 294 g/mol. The summed E-state index contributed by atoms with van der Waals surface area (Å²) in [7, 11) is 0. The molecule has 0 aromatic heterocycles. The summed E-state index contributed by atoms with van der Waals surface area (Å²) in [6.07, 6.45) is 4.73. The molecule has 0 spiro atoms. The Morgan fingerprint density at radius 1 is 1.24 bits per heavy atom. The van der Waals surface area contributed by atoms with E-state index in [9.17, 15) is 9.18 Å². The Labute approximate surface area is 127 Å². The van der Waals surface area contributed by atoms with Gasteiger partial charge in [0.2, 0.25) is 0 Å². The number of unbranched alkanes of at least 4 members (excludes halogenated alkanes) is 2. The van der Waals surface area contributed by atoms with Crippen molar-refractivity contribution in [3.63, 3.8) is 0 Å². The predicted molar refractivity (Wildman–Crippen MR) is 84.2 cm³/mol. The number of hydrogen-bond acceptors (Lipinski definition) is 2. The smallest absolute Gasteiger partial charge is 0.132 e. The van der Waals surface area contributed by atoms with Crippen molar-refractivity contribution in [1.29, 1.82) is 0 Å². The molecule has 0 aliphatic rings. The monoisotopic (exact) mass is 294 g/mol. The third kappa shape index (κ3) is 7.26. The van der Waals surface area contributed by atoms with Crippen LogP contribution in [0.2, 0.25) is 0 Å². The van der Waals surface area contributed by atoms with Gasteiger partial charge < -0.3 is 4.74 Å². The highest BCUT2D eigenvalue weighted by molar-refractivity contribution is 5.77. The van der Waals surface area contributed by atoms with Crippen LogP contribution < -0.4 is 4.74 Å². The highest BCUT2D eigenvalue weighted by Gasteiger charge is 2.06. The topological polar surface area (TPSA) is 26.3 Å². The zero-order chi connectivity index (χ0) is 15.7. The molecule has 0 unspecified atom stereocenters. The van der Waals surface area contributed by atoms with Gasteiger partial charge in [-0.3, -0.25) is 4.79 Å². The van der Waals surface area contributed by atoms with Gasteiger partial charge in [-0.1, -0.05) is 27.2 Å². The van der Waals surface area contributed by atoms with E-state index in [4.69, 9.17) is 4.74 Å². The summed E-state index contributed by atoms with van der Waals surface area (Å²) in [5.74, 6) is 1.33. The van der Waals surface area contributed by atoms with Crippen LogP contribution in [0.4, 0.5) is 4.39 Å². The fourth-order valence-electron chi connectivity index (χ4n) is 2.09. The largest absolute Gasteiger partial charge is 0.493 e. The normalized spacial score (nSPS) is 10.9. The Bertz CT molecular complexity index is 441. The lowest BCUT2D eigenvalue weighted by molar-refractivity contribution is -0.118. The Hall–Kier alpha value is -1.38. The fourth-order valence-corrected chi connectivity index (χ4v) is 2.09. The zero-order valence-electron chi connectivity index (χ0n) is 13.5. The molecule has 0 aliphatic heterocycles. The number of Topliss-reactive ketones (excluding diaryl/α,β-unsaturated/α-hetero) is 1. The van der Waals surface area contributed by atoms with Crippen molar-refractivity contribution in [3.8, 4) is 5.75 Å². The van der Waals surface area contributed by atoms with Crippen molar-refractivity contribution >= 4 is 5.78 Å². The third-order valence-electron chi connectivity index (χ3n) is 3.40. The standard InChI is InChI=1S/C18H27FO2/c1-4-16(20)9-7-5-6-8-15-12-17(10-11-18(15)19)21-13-14(2)3/h10-12,14H,4-9,13H2,1-3H3. The molecule has 0 amide bonds. The van der Waals surface area contributed by atoms with E-state index in [0.29, 0.717) is 43.1 Å². The van der Waals surface area contributed by atoms with Crippen molar-refractivity contribution in [2.75, 3.05) is 6.61 Å². The molecule has 0 heterocycles. The predicted octanol–water partition coefficient (Wildman–Crippen LogP) is 4.94. The number of ether oxygens (including phenoxy) is 1. The van der Waals surface area contributed by atoms with Gasteiger partial charge in [-0.2, -0.15) is 0 Å². The quantitative estimate of drug-likeness (QED) is 0.571. The van der Waals surface area contributed by atoms with Crippen molar-refractivity contribution in [2.24, 2.45) is 5.92 Å². The maximum absolute atomic E-state index is 13.8. The van der Waals surface area contributed by atoms with Gasteiger partial charge in [-0.25, -0.2) is 4.39 Å². The van der Waals surface area contributed by atoms with E-state index in [2.05, 4.69) is 13.8 Å². The van der Waals surface area contributed by atoms with Crippen LogP contribution in [-0.2, 0) is 11.2 Å². The van der Waals surface area contributed by atoms with Gasteiger partial charge in [0.1, 0.15) is 17.3 Å². The first-order chi connectivity index (χ1) is 10.0. The molecule has 0 saturated carbocycles. The van der Waals surface area contributed by atoms with E-state index in [1.807, 2.05) is 6.92 Å². The Kier molecular flexibility index (Phi) is 8.03. The van der Waals surface area contributed by atoms with E-state index in [1.165, 1.54) is 6.07 Å². The van der Waals surface area contributed by atoms with Crippen molar-refractivity contribution < 1.29 is 13.9 Å². The van der Waals surface area contributed by atoms with Crippen LogP contribution in [0.15, 0.2) is 18.2 Å². The molecule has 1 rings (SSSR count). The second-order valence-corrected chi connectivity index (χ2v) is 5.91. The number of carbonyl (C=O) groups excluding carboxylic acids is 1. The second-order valence-electron chi connectivity index (χ2n) is 5.91. The van der Waals surface area contributed by atoms with Crippen molar-refractivity contribution in [1.82, 2.24) is 0 Å². The van der Waals surface area contributed by atoms with E-state index >= 15 is 0 Å². The van der Waals surface area contributed by atoms with Crippen LogP contribution in [0.25, 0.3) is 0 Å². The number of aryl methyl sites for hydroxylation is 1. The molecule has 118 valence electrons. The maximum Gasteiger partial charge on any atom is 0.132 e. The maximum atomic E-state index is 13.8. The minimum atomic E-state index is -0.170. The lowest BCUT2D eigenvalue weighted by atomic mass is 10.0. The Balaban J connectivity index is 2.39. The molecule has 0 atom stereocenters. The van der Waals surface area contributed by atoms with Gasteiger partial charge in [0.15, 0.2) is 0 Å². The first-order valence-electron chi connectivity index (χ1n) is 7.95. The Morgan fingerprint density at radius 2 is 2.00 bits per heavy atom. The van der Waals surface area contributed by atoms with Crippen LogP contribution in [0.5, 0.6) is 5.75 Å². The summed E-state index contributed by atoms with van der Waals surface area (Å²) in [4.78, 5) is 11.2. The summed E-state index contributed by atoms with van der Waals surface area (Å²) in [5, 5.41) is 0. The molecule has 0 saturated heterocycles. The number of halogens is 1. The van der Waals surface area contributed by atoms with Gasteiger partial charge >= 0.3 is 0 Å². The first-order valence-corrected chi connectivity index (χ1v) is 7.95. The molecule has 0 radical (unpaired) electrons. The van der Waals surface area contributed by atoms with E-state index < -0.39 is 0 Å². The van der Waals surface area contributed by atoms with Crippen LogP contribution >= 0.6 is 0 Å². The summed E-state index contributed by atoms with van der Waals surface area (Å²) < 4.78 is 19.4. The fraction of sp³-hybridized carbons (Fsp3) is 0.611. The van der Waals surface area contributed by atoms with Gasteiger partial charge in [0.25, 0.3) is 0 Å². The van der Waals surface area contributed by atoms with Crippen LogP contribution in [0.1, 0.15) is 58.4 Å². The lowest BCUT2D eigenvalue weighted by Crippen LogP contribution is -2.05. The summed E-state index contributed by atoms with van der Waals surface area (Å²) in [6, 6.07) is 4.96. The highest BCUT2D eigenvalue weighted by Crippen LogP contribution is 2.20. The second kappa shape index (κ2) is 9.54. The van der Waals surface area contributed by atoms with E-state index in [1.54, 1.807) is 12.1 Å². The lowest BCUT2D eigenvalue weighted by Gasteiger charge is -2.10. The molecule has 2 nitrogen and oxygen atoms in total. The van der Waals surface area contributed by atoms with E-state index in [-0.39, 0.29) is 5.82 Å². The highest BCUT2D eigenvalue weighted by atomic mass is 19.1. The molecule has 21 heavy (non-hydrogen) atoms. The molecule has 0 aliphatic carbocycles. The number of benzene rings is 1. The third-order valence-corrected chi connectivity index (χ3v) is 3.40. The molecule has 3 heteroatoms. The van der Waals surface area contributed by atoms with E-state index in [0.717, 1.165) is 25.0 Å². The number of hydrogen-bond donors (Lipinski definition) is 0. The molecular weight excluding hydrogens is 267 g/mol. The number of rotatable bonds is 10. The number of carbonyl (C=O) groups is 1. The average Bonchev–Trinajstić information content (AvgIpc) is 2.46. The van der Waals surface area contributed by atoms with Gasteiger partial charge in [0.05, 0.1) is 6.61 Å². The summed E-state index contributed by atoms with van der Waals surface area (Å²) >= 11 is 0. The van der Waals surface area contributed by atoms with Gasteiger partial charge in [-0.15, -0.1) is 0 Å². The van der Waals surface area contributed by atoms with Gasteiger partial charge in [-0.05, 0) is 48.9 Å². The minimum Gasteiger partial charge on any atom is -0.493 e. The van der Waals surface area contributed by atoms with Crippen LogP contribution in [-0.4, -0.2) is 12.4 Å². The van der Waals surface area contributed by atoms with Gasteiger partial charge in [0, 0.05) is 12.8 Å². The Morgan fingerprint density at radius 3 is 2.67 bits per heavy atom. The molecule has 1 aromatic rings. The summed E-state index contributed by atoms with van der Waals surface area (Å²) in [6.45, 7) is 6.70. The van der Waals surface area contributed by atoms with Crippen LogP contribution in [0, 0.1) is 11.7 Å². The molecule has 0 fully saturated rings. The minimum absolute atomic E-state index is 0.170. The molecule has 0 N–H and O–H groups in total. The van der Waals surface area contributed by atoms with Crippen molar-refractivity contribution in [3.05, 3.63) is 29.6 Å². The summed E-state index contributed by atoms with van der Waals surface area (Å²) in [5.41, 5.74) is 0.707. The molecular formula is C18H27FO2. The molecule has 0 bridgehead atoms. The SMILES string of the molecule is CCC(=O)CCCCCc1cc(OCC(C)C)ccc1F. The number of ketones is 1. The van der Waals surface area contributed by atoms with Crippen LogP contribution in [0.3, 0.4) is 0 Å². The zero-order valence-corrected chi connectivity index (χ0v) is 13.5.